The highest BCUT2D eigenvalue weighted by Crippen LogP contribution is 2.29. The Hall–Kier alpha value is -1.87. The molecule has 3 rings (SSSR count). The van der Waals surface area contributed by atoms with E-state index in [-0.39, 0.29) is 11.9 Å². The molecule has 0 spiro atoms. The van der Waals surface area contributed by atoms with Crippen LogP contribution in [0.4, 0.5) is 19.0 Å². The third-order valence-corrected chi connectivity index (χ3v) is 5.23. The number of halogens is 3. The highest BCUT2D eigenvalue weighted by Gasteiger charge is 2.33. The van der Waals surface area contributed by atoms with Gasteiger partial charge in [0.15, 0.2) is 0 Å². The normalized spacial score (nSPS) is 22.4. The maximum atomic E-state index is 12.8. The van der Waals surface area contributed by atoms with Gasteiger partial charge in [-0.1, -0.05) is 0 Å². The second kappa shape index (κ2) is 8.02. The number of hydrogen-bond acceptors (Lipinski definition) is 5. The summed E-state index contributed by atoms with van der Waals surface area (Å²) < 4.78 is 37.9. The van der Waals surface area contributed by atoms with Crippen LogP contribution in [-0.2, 0) is 11.0 Å². The van der Waals surface area contributed by atoms with Crippen molar-refractivity contribution in [2.24, 2.45) is 0 Å². The molecule has 1 N–H and O–H groups in total. The number of alkyl halides is 3. The zero-order valence-electron chi connectivity index (χ0n) is 15.7. The summed E-state index contributed by atoms with van der Waals surface area (Å²) in [5.74, 6) is 0.609. The Bertz CT molecular complexity index is 641. The smallest absolute Gasteiger partial charge is 0.353 e. The number of aromatic nitrogens is 1. The summed E-state index contributed by atoms with van der Waals surface area (Å²) in [6, 6.07) is 2.65. The molecule has 2 aliphatic rings. The minimum Gasteiger partial charge on any atom is -0.353 e. The summed E-state index contributed by atoms with van der Waals surface area (Å²) in [6.07, 6.45) is -3.52. The Morgan fingerprint density at radius 3 is 2.44 bits per heavy atom. The molecule has 2 aliphatic heterocycles. The van der Waals surface area contributed by atoms with Crippen molar-refractivity contribution < 1.29 is 18.0 Å². The first-order valence-corrected chi connectivity index (χ1v) is 9.30. The van der Waals surface area contributed by atoms with E-state index in [2.05, 4.69) is 29.0 Å². The number of nitrogens with zero attached hydrogens (tertiary/aromatic N) is 4. The molecule has 1 aromatic heterocycles. The van der Waals surface area contributed by atoms with E-state index in [1.807, 2.05) is 9.80 Å². The molecule has 0 radical (unpaired) electrons. The van der Waals surface area contributed by atoms with E-state index in [0.29, 0.717) is 44.6 Å². The SMILES string of the molecule is CC(C)N1CCN[C@@H](C(=O)N2CCN(c3ccc(C(F)(F)F)cn3)CC2)C1. The molecule has 9 heteroatoms. The molecular formula is C18H26F3N5O. The van der Waals surface area contributed by atoms with Crippen molar-refractivity contribution in [3.05, 3.63) is 23.9 Å². The van der Waals surface area contributed by atoms with Crippen LogP contribution in [0.3, 0.4) is 0 Å². The number of hydrogen-bond donors (Lipinski definition) is 1. The number of carbonyl (C=O) groups excluding carboxylic acids is 1. The Balaban J connectivity index is 1.54. The summed E-state index contributed by atoms with van der Waals surface area (Å²) in [5, 5.41) is 3.30. The van der Waals surface area contributed by atoms with E-state index in [4.69, 9.17) is 0 Å². The number of amides is 1. The van der Waals surface area contributed by atoms with Gasteiger partial charge in [0.1, 0.15) is 5.82 Å². The fraction of sp³-hybridized carbons (Fsp3) is 0.667. The molecule has 1 aromatic rings. The van der Waals surface area contributed by atoms with Crippen LogP contribution in [-0.4, -0.2) is 78.6 Å². The van der Waals surface area contributed by atoms with Gasteiger partial charge in [0, 0.05) is 58.1 Å². The third kappa shape index (κ3) is 4.70. The standard InChI is InChI=1S/C18H26F3N5O/c1-13(2)26-6-5-22-15(12-26)17(27)25-9-7-24(8-10-25)16-4-3-14(11-23-16)18(19,20)21/h3-4,11,13,15,22H,5-10,12H2,1-2H3/t15-/m1/s1. The third-order valence-electron chi connectivity index (χ3n) is 5.23. The number of piperazine rings is 2. The first kappa shape index (κ1) is 19.9. The first-order valence-electron chi connectivity index (χ1n) is 9.30. The lowest BCUT2D eigenvalue weighted by atomic mass is 10.1. The van der Waals surface area contributed by atoms with Crippen molar-refractivity contribution in [3.63, 3.8) is 0 Å². The van der Waals surface area contributed by atoms with Gasteiger partial charge in [0.2, 0.25) is 5.91 Å². The van der Waals surface area contributed by atoms with Crippen LogP contribution in [0, 0.1) is 0 Å². The number of anilines is 1. The lowest BCUT2D eigenvalue weighted by Gasteiger charge is -2.40. The fourth-order valence-corrected chi connectivity index (χ4v) is 3.52. The molecule has 1 atom stereocenters. The van der Waals surface area contributed by atoms with E-state index >= 15 is 0 Å². The quantitative estimate of drug-likeness (QED) is 0.853. The maximum absolute atomic E-state index is 12.8. The Morgan fingerprint density at radius 2 is 1.89 bits per heavy atom. The number of rotatable bonds is 3. The van der Waals surface area contributed by atoms with Gasteiger partial charge >= 0.3 is 6.18 Å². The number of nitrogens with one attached hydrogen (secondary N) is 1. The van der Waals surface area contributed by atoms with E-state index in [1.165, 1.54) is 6.07 Å². The molecule has 0 unspecified atom stereocenters. The Labute approximate surface area is 157 Å². The van der Waals surface area contributed by atoms with Gasteiger partial charge in [0.05, 0.1) is 11.6 Å². The summed E-state index contributed by atoms with van der Waals surface area (Å²) >= 11 is 0. The summed E-state index contributed by atoms with van der Waals surface area (Å²) in [5.41, 5.74) is -0.752. The summed E-state index contributed by atoms with van der Waals surface area (Å²) in [6.45, 7) is 8.90. The largest absolute Gasteiger partial charge is 0.417 e. The van der Waals surface area contributed by atoms with Crippen LogP contribution in [0.2, 0.25) is 0 Å². The van der Waals surface area contributed by atoms with Crippen LogP contribution >= 0.6 is 0 Å². The average Bonchev–Trinajstić information content (AvgIpc) is 2.67. The summed E-state index contributed by atoms with van der Waals surface area (Å²) in [4.78, 5) is 22.8. The van der Waals surface area contributed by atoms with E-state index in [9.17, 15) is 18.0 Å². The van der Waals surface area contributed by atoms with E-state index in [1.54, 1.807) is 0 Å². The van der Waals surface area contributed by atoms with Crippen molar-refractivity contribution in [3.8, 4) is 0 Å². The topological polar surface area (TPSA) is 51.7 Å². The van der Waals surface area contributed by atoms with Crippen molar-refractivity contribution in [1.82, 2.24) is 20.1 Å². The Morgan fingerprint density at radius 1 is 1.19 bits per heavy atom. The van der Waals surface area contributed by atoms with Crippen LogP contribution < -0.4 is 10.2 Å². The van der Waals surface area contributed by atoms with Crippen molar-refractivity contribution in [1.29, 1.82) is 0 Å². The monoisotopic (exact) mass is 385 g/mol. The fourth-order valence-electron chi connectivity index (χ4n) is 3.52. The average molecular weight is 385 g/mol. The molecule has 3 heterocycles. The molecule has 1 amide bonds. The van der Waals surface area contributed by atoms with Gasteiger partial charge in [0.25, 0.3) is 0 Å². The lowest BCUT2D eigenvalue weighted by Crippen LogP contribution is -2.61. The maximum Gasteiger partial charge on any atom is 0.417 e. The zero-order valence-corrected chi connectivity index (χ0v) is 15.7. The van der Waals surface area contributed by atoms with Crippen molar-refractivity contribution >= 4 is 11.7 Å². The van der Waals surface area contributed by atoms with Gasteiger partial charge < -0.3 is 15.1 Å². The molecule has 150 valence electrons. The highest BCUT2D eigenvalue weighted by molar-refractivity contribution is 5.82. The predicted molar refractivity (Wildman–Crippen MR) is 96.5 cm³/mol. The van der Waals surface area contributed by atoms with Crippen LogP contribution in [0.5, 0.6) is 0 Å². The number of carbonyl (C=O) groups is 1. The highest BCUT2D eigenvalue weighted by atomic mass is 19.4. The van der Waals surface area contributed by atoms with Gasteiger partial charge in [-0.3, -0.25) is 9.69 Å². The van der Waals surface area contributed by atoms with Crippen molar-refractivity contribution in [2.75, 3.05) is 50.7 Å². The molecule has 27 heavy (non-hydrogen) atoms. The second-order valence-corrected chi connectivity index (χ2v) is 7.31. The van der Waals surface area contributed by atoms with Crippen LogP contribution in [0.15, 0.2) is 18.3 Å². The van der Waals surface area contributed by atoms with Gasteiger partial charge in [-0.05, 0) is 26.0 Å². The minimum absolute atomic E-state index is 0.0976. The molecule has 0 aromatic carbocycles. The minimum atomic E-state index is -4.38. The second-order valence-electron chi connectivity index (χ2n) is 7.31. The van der Waals surface area contributed by atoms with Gasteiger partial charge in [-0.15, -0.1) is 0 Å². The zero-order chi connectivity index (χ0) is 19.6. The Kier molecular flexibility index (Phi) is 5.90. The molecule has 0 bridgehead atoms. The molecule has 6 nitrogen and oxygen atoms in total. The van der Waals surface area contributed by atoms with Crippen LogP contribution in [0.25, 0.3) is 0 Å². The molecular weight excluding hydrogens is 359 g/mol. The lowest BCUT2D eigenvalue weighted by molar-refractivity contribution is -0.138. The molecule has 2 fully saturated rings. The molecule has 2 saturated heterocycles. The van der Waals surface area contributed by atoms with Crippen molar-refractivity contribution in [2.45, 2.75) is 32.1 Å². The number of pyridine rings is 1. The molecule has 0 saturated carbocycles. The van der Waals surface area contributed by atoms with Gasteiger partial charge in [-0.25, -0.2) is 4.98 Å². The predicted octanol–water partition coefficient (Wildman–Crippen LogP) is 1.43. The van der Waals surface area contributed by atoms with Crippen LogP contribution in [0.1, 0.15) is 19.4 Å². The summed E-state index contributed by atoms with van der Waals surface area (Å²) in [7, 11) is 0. The first-order chi connectivity index (χ1) is 12.8. The van der Waals surface area contributed by atoms with E-state index < -0.39 is 11.7 Å². The molecule has 0 aliphatic carbocycles. The van der Waals surface area contributed by atoms with E-state index in [0.717, 1.165) is 25.4 Å². The van der Waals surface area contributed by atoms with Gasteiger partial charge in [-0.2, -0.15) is 13.2 Å².